The smallest absolute Gasteiger partial charge is 0.226 e. The maximum absolute atomic E-state index is 12.7. The molecule has 192 valence electrons. The minimum absolute atomic E-state index is 0.0350. The molecule has 0 spiro atoms. The number of halogens is 1. The third kappa shape index (κ3) is 6.26. The van der Waals surface area contributed by atoms with Gasteiger partial charge in [-0.2, -0.15) is 0 Å². The Morgan fingerprint density at radius 3 is 2.64 bits per heavy atom. The maximum atomic E-state index is 12.7. The number of benzene rings is 2. The molecule has 2 aromatic carbocycles. The summed E-state index contributed by atoms with van der Waals surface area (Å²) in [5.74, 6) is 1.37. The van der Waals surface area contributed by atoms with Gasteiger partial charge in [0.05, 0.1) is 22.3 Å². The highest BCUT2D eigenvalue weighted by Crippen LogP contribution is 2.30. The van der Waals surface area contributed by atoms with Gasteiger partial charge in [0.2, 0.25) is 11.9 Å². The predicted molar refractivity (Wildman–Crippen MR) is 147 cm³/mol. The molecule has 0 unspecified atom stereocenters. The number of fused-ring (bicyclic) bond motifs is 1. The second kappa shape index (κ2) is 11.4. The van der Waals surface area contributed by atoms with Crippen LogP contribution in [-0.2, 0) is 11.2 Å². The molecule has 36 heavy (non-hydrogen) atoms. The number of aryl methyl sites for hydroxylation is 2. The number of nitrogens with one attached hydrogen (secondary N) is 1. The lowest BCUT2D eigenvalue weighted by atomic mass is 10.0. The predicted octanol–water partition coefficient (Wildman–Crippen LogP) is 5.48. The standard InChI is InChI=1S/C28H36ClN5O2/c1-18(2)36-25-8-6-7-20(27(25)29)9-12-26(35)31-21-10-11-24-23(17-21)19(3)30-28(32-24)34-15-13-22(14-16-34)33(4)5/h6-8,10-11,17-18,22H,9,12-16H2,1-5H3,(H,31,35). The lowest BCUT2D eigenvalue weighted by Crippen LogP contribution is -2.42. The number of hydrogen-bond acceptors (Lipinski definition) is 6. The average molecular weight is 510 g/mol. The van der Waals surface area contributed by atoms with E-state index in [1.807, 2.05) is 57.2 Å². The van der Waals surface area contributed by atoms with Gasteiger partial charge in [-0.3, -0.25) is 4.79 Å². The fourth-order valence-corrected chi connectivity index (χ4v) is 4.90. The highest BCUT2D eigenvalue weighted by Gasteiger charge is 2.23. The fraction of sp³-hybridized carbons (Fsp3) is 0.464. The van der Waals surface area contributed by atoms with E-state index in [2.05, 4.69) is 29.2 Å². The number of carbonyl (C=O) groups is 1. The molecule has 0 saturated carbocycles. The van der Waals surface area contributed by atoms with Gasteiger partial charge in [-0.15, -0.1) is 0 Å². The van der Waals surface area contributed by atoms with Gasteiger partial charge in [-0.1, -0.05) is 23.7 Å². The summed E-state index contributed by atoms with van der Waals surface area (Å²) in [5, 5.41) is 4.52. The Labute approximate surface area is 218 Å². The summed E-state index contributed by atoms with van der Waals surface area (Å²) in [6.45, 7) is 7.83. The van der Waals surface area contributed by atoms with Crippen molar-refractivity contribution in [1.29, 1.82) is 0 Å². The average Bonchev–Trinajstić information content (AvgIpc) is 2.84. The van der Waals surface area contributed by atoms with Crippen molar-refractivity contribution in [2.75, 3.05) is 37.4 Å². The van der Waals surface area contributed by atoms with Crippen molar-refractivity contribution in [3.63, 3.8) is 0 Å². The molecule has 0 bridgehead atoms. The SMILES string of the molecule is Cc1nc(N2CCC(N(C)C)CC2)nc2ccc(NC(=O)CCc3cccc(OC(C)C)c3Cl)cc12. The highest BCUT2D eigenvalue weighted by molar-refractivity contribution is 6.32. The van der Waals surface area contributed by atoms with E-state index in [1.165, 1.54) is 0 Å². The van der Waals surface area contributed by atoms with Crippen LogP contribution < -0.4 is 15.0 Å². The first-order valence-corrected chi connectivity index (χ1v) is 13.0. The molecule has 0 radical (unpaired) electrons. The number of ether oxygens (including phenoxy) is 1. The number of hydrogen-bond donors (Lipinski definition) is 1. The zero-order valence-electron chi connectivity index (χ0n) is 21.8. The van der Waals surface area contributed by atoms with Crippen molar-refractivity contribution in [2.24, 2.45) is 0 Å². The van der Waals surface area contributed by atoms with Crippen molar-refractivity contribution in [3.8, 4) is 5.75 Å². The number of nitrogens with zero attached hydrogens (tertiary/aromatic N) is 4. The first kappa shape index (κ1) is 26.2. The van der Waals surface area contributed by atoms with Crippen molar-refractivity contribution in [1.82, 2.24) is 14.9 Å². The molecule has 8 heteroatoms. The Balaban J connectivity index is 1.40. The minimum Gasteiger partial charge on any atom is -0.489 e. The van der Waals surface area contributed by atoms with Crippen LogP contribution in [-0.4, -0.2) is 60.1 Å². The zero-order chi connectivity index (χ0) is 25.8. The number of piperidine rings is 1. The Kier molecular flexibility index (Phi) is 8.32. The van der Waals surface area contributed by atoms with E-state index in [4.69, 9.17) is 26.3 Å². The summed E-state index contributed by atoms with van der Waals surface area (Å²) >= 11 is 6.49. The van der Waals surface area contributed by atoms with Crippen LogP contribution in [0.15, 0.2) is 36.4 Å². The summed E-state index contributed by atoms with van der Waals surface area (Å²) in [7, 11) is 4.28. The molecular formula is C28H36ClN5O2. The molecule has 1 saturated heterocycles. The Morgan fingerprint density at radius 1 is 1.19 bits per heavy atom. The van der Waals surface area contributed by atoms with Gasteiger partial charge in [0.25, 0.3) is 0 Å². The van der Waals surface area contributed by atoms with Crippen molar-refractivity contribution >= 4 is 40.0 Å². The van der Waals surface area contributed by atoms with Crippen molar-refractivity contribution < 1.29 is 9.53 Å². The van der Waals surface area contributed by atoms with Crippen LogP contribution in [0, 0.1) is 6.92 Å². The molecule has 4 rings (SSSR count). The summed E-state index contributed by atoms with van der Waals surface area (Å²) in [4.78, 5) is 26.9. The van der Waals surface area contributed by atoms with E-state index in [1.54, 1.807) is 0 Å². The third-order valence-electron chi connectivity index (χ3n) is 6.66. The van der Waals surface area contributed by atoms with E-state index >= 15 is 0 Å². The van der Waals surface area contributed by atoms with Gasteiger partial charge in [0.15, 0.2) is 0 Å². The van der Waals surface area contributed by atoms with Crippen molar-refractivity contribution in [3.05, 3.63) is 52.7 Å². The molecule has 0 aliphatic carbocycles. The van der Waals surface area contributed by atoms with Crippen LogP contribution >= 0.6 is 11.6 Å². The molecule has 1 N–H and O–H groups in total. The number of carbonyl (C=O) groups excluding carboxylic acids is 1. The van der Waals surface area contributed by atoms with Crippen LogP contribution in [0.3, 0.4) is 0 Å². The van der Waals surface area contributed by atoms with E-state index in [-0.39, 0.29) is 12.0 Å². The van der Waals surface area contributed by atoms with Crippen LogP contribution in [0.2, 0.25) is 5.02 Å². The molecule has 1 amide bonds. The summed E-state index contributed by atoms with van der Waals surface area (Å²) in [6, 6.07) is 12.1. The van der Waals surface area contributed by atoms with Crippen LogP contribution in [0.25, 0.3) is 10.9 Å². The minimum atomic E-state index is -0.0699. The maximum Gasteiger partial charge on any atom is 0.226 e. The Bertz CT molecular complexity index is 1220. The molecule has 1 aromatic heterocycles. The number of rotatable bonds is 8. The molecule has 3 aromatic rings. The van der Waals surface area contributed by atoms with Crippen LogP contribution in [0.1, 0.15) is 44.4 Å². The van der Waals surface area contributed by atoms with Gasteiger partial charge in [-0.05, 0) is 84.0 Å². The van der Waals surface area contributed by atoms with Crippen LogP contribution in [0.5, 0.6) is 5.75 Å². The van der Waals surface area contributed by atoms with Crippen molar-refractivity contribution in [2.45, 2.75) is 58.6 Å². The largest absolute Gasteiger partial charge is 0.489 e. The first-order valence-electron chi connectivity index (χ1n) is 12.6. The zero-order valence-corrected chi connectivity index (χ0v) is 22.6. The normalized spacial score (nSPS) is 14.6. The Hall–Kier alpha value is -2.90. The van der Waals surface area contributed by atoms with Gasteiger partial charge in [-0.25, -0.2) is 9.97 Å². The van der Waals surface area contributed by atoms with E-state index in [0.717, 1.165) is 59.7 Å². The molecule has 1 fully saturated rings. The van der Waals surface area contributed by atoms with Gasteiger partial charge < -0.3 is 19.9 Å². The lowest BCUT2D eigenvalue weighted by molar-refractivity contribution is -0.116. The second-order valence-corrected chi connectivity index (χ2v) is 10.3. The second-order valence-electron chi connectivity index (χ2n) is 9.97. The number of anilines is 2. The number of aromatic nitrogens is 2. The monoisotopic (exact) mass is 509 g/mol. The van der Waals surface area contributed by atoms with Gasteiger partial charge in [0.1, 0.15) is 5.75 Å². The van der Waals surface area contributed by atoms with Gasteiger partial charge in [0, 0.05) is 36.6 Å². The summed E-state index contributed by atoms with van der Waals surface area (Å²) in [6.07, 6.45) is 3.11. The van der Waals surface area contributed by atoms with E-state index in [9.17, 15) is 4.79 Å². The highest BCUT2D eigenvalue weighted by atomic mass is 35.5. The van der Waals surface area contributed by atoms with Gasteiger partial charge >= 0.3 is 0 Å². The molecule has 1 aliphatic heterocycles. The van der Waals surface area contributed by atoms with E-state index < -0.39 is 0 Å². The Morgan fingerprint density at radius 2 is 1.94 bits per heavy atom. The lowest BCUT2D eigenvalue weighted by Gasteiger charge is -2.35. The van der Waals surface area contributed by atoms with E-state index in [0.29, 0.717) is 29.7 Å². The first-order chi connectivity index (χ1) is 17.2. The fourth-order valence-electron chi connectivity index (χ4n) is 4.63. The summed E-state index contributed by atoms with van der Waals surface area (Å²) in [5.41, 5.74) is 3.44. The number of amides is 1. The quantitative estimate of drug-likeness (QED) is 0.433. The summed E-state index contributed by atoms with van der Waals surface area (Å²) < 4.78 is 5.75. The molecule has 0 atom stereocenters. The van der Waals surface area contributed by atoms with Crippen LogP contribution in [0.4, 0.5) is 11.6 Å². The third-order valence-corrected chi connectivity index (χ3v) is 7.09. The molecular weight excluding hydrogens is 474 g/mol. The molecule has 2 heterocycles. The molecule has 1 aliphatic rings. The topological polar surface area (TPSA) is 70.6 Å². The molecule has 7 nitrogen and oxygen atoms in total.